The zero-order valence-electron chi connectivity index (χ0n) is 11.8. The van der Waals surface area contributed by atoms with Crippen molar-refractivity contribution in [2.75, 3.05) is 37.4 Å². The fourth-order valence-corrected chi connectivity index (χ4v) is 2.35. The number of nitrogens with two attached hydrogens (primary N) is 1. The third-order valence-corrected chi connectivity index (χ3v) is 3.53. The molecular formula is C14H19F3N2O2. The molecular weight excluding hydrogens is 285 g/mol. The third kappa shape index (κ3) is 4.42. The number of anilines is 2. The third-order valence-electron chi connectivity index (χ3n) is 3.53. The molecule has 0 amide bonds. The molecule has 0 aromatic heterocycles. The zero-order valence-corrected chi connectivity index (χ0v) is 11.8. The van der Waals surface area contributed by atoms with Crippen LogP contribution in [0.25, 0.3) is 0 Å². The van der Waals surface area contributed by atoms with Crippen LogP contribution in [-0.4, -0.2) is 39.1 Å². The summed E-state index contributed by atoms with van der Waals surface area (Å²) in [5.41, 5.74) is 6.68. The summed E-state index contributed by atoms with van der Waals surface area (Å²) in [5.74, 6) is 0.0682. The van der Waals surface area contributed by atoms with E-state index in [1.54, 1.807) is 25.3 Å². The van der Waals surface area contributed by atoms with E-state index in [-0.39, 0.29) is 17.5 Å². The summed E-state index contributed by atoms with van der Waals surface area (Å²) in [6, 6.07) is 4.93. The molecule has 118 valence electrons. The van der Waals surface area contributed by atoms with Gasteiger partial charge in [-0.2, -0.15) is 13.2 Å². The van der Waals surface area contributed by atoms with Gasteiger partial charge in [-0.15, -0.1) is 0 Å². The van der Waals surface area contributed by atoms with E-state index in [2.05, 4.69) is 4.90 Å². The first-order chi connectivity index (χ1) is 9.89. The van der Waals surface area contributed by atoms with Gasteiger partial charge in [-0.3, -0.25) is 0 Å². The normalized spacial score (nSPS) is 17.0. The Kier molecular flexibility index (Phi) is 4.82. The van der Waals surface area contributed by atoms with Gasteiger partial charge < -0.3 is 20.1 Å². The Morgan fingerprint density at radius 2 is 1.95 bits per heavy atom. The molecule has 1 aliphatic rings. The van der Waals surface area contributed by atoms with Crippen LogP contribution in [0.5, 0.6) is 5.75 Å². The smallest absolute Gasteiger partial charge is 0.422 e. The van der Waals surface area contributed by atoms with Crippen molar-refractivity contribution in [3.63, 3.8) is 0 Å². The maximum Gasteiger partial charge on any atom is 0.422 e. The molecule has 7 heteroatoms. The van der Waals surface area contributed by atoms with Crippen LogP contribution in [-0.2, 0) is 4.74 Å². The lowest BCUT2D eigenvalue weighted by molar-refractivity contribution is -0.153. The number of hydrogen-bond acceptors (Lipinski definition) is 4. The molecule has 1 aromatic rings. The topological polar surface area (TPSA) is 47.7 Å². The second kappa shape index (κ2) is 6.43. The van der Waals surface area contributed by atoms with Crippen LogP contribution in [0.2, 0.25) is 0 Å². The van der Waals surface area contributed by atoms with Gasteiger partial charge in [0.25, 0.3) is 0 Å². The Morgan fingerprint density at radius 3 is 2.52 bits per heavy atom. The van der Waals surface area contributed by atoms with Crippen molar-refractivity contribution in [1.29, 1.82) is 0 Å². The summed E-state index contributed by atoms with van der Waals surface area (Å²) in [6.45, 7) is 0.245. The van der Waals surface area contributed by atoms with Crippen molar-refractivity contribution in [2.24, 2.45) is 0 Å². The van der Waals surface area contributed by atoms with E-state index in [1.807, 2.05) is 0 Å². The standard InChI is InChI=1S/C14H19F3N2O2/c1-20-11-4-6-19(7-5-11)10-2-3-12(18)13(8-10)21-9-14(15,16)17/h2-3,8,11H,4-7,9,18H2,1H3. The molecule has 4 nitrogen and oxygen atoms in total. The van der Waals surface area contributed by atoms with Crippen LogP contribution in [0.3, 0.4) is 0 Å². The number of alkyl halides is 3. The second-order valence-electron chi connectivity index (χ2n) is 5.05. The monoisotopic (exact) mass is 304 g/mol. The van der Waals surface area contributed by atoms with E-state index < -0.39 is 12.8 Å². The number of methoxy groups -OCH3 is 1. The molecule has 21 heavy (non-hydrogen) atoms. The van der Waals surface area contributed by atoms with E-state index in [1.165, 1.54) is 0 Å². The molecule has 1 saturated heterocycles. The lowest BCUT2D eigenvalue weighted by Crippen LogP contribution is -2.36. The number of benzene rings is 1. The van der Waals surface area contributed by atoms with Gasteiger partial charge in [-0.1, -0.05) is 0 Å². The number of piperidine rings is 1. The Bertz CT molecular complexity index is 472. The first-order valence-corrected chi connectivity index (χ1v) is 6.76. The minimum atomic E-state index is -4.38. The van der Waals surface area contributed by atoms with Crippen LogP contribution < -0.4 is 15.4 Å². The second-order valence-corrected chi connectivity index (χ2v) is 5.05. The van der Waals surface area contributed by atoms with E-state index in [0.29, 0.717) is 0 Å². The Morgan fingerprint density at radius 1 is 1.29 bits per heavy atom. The van der Waals surface area contributed by atoms with Gasteiger partial charge >= 0.3 is 6.18 Å². The molecule has 0 bridgehead atoms. The predicted octanol–water partition coefficient (Wildman–Crippen LogP) is 2.83. The van der Waals surface area contributed by atoms with Crippen molar-refractivity contribution in [3.8, 4) is 5.75 Å². The van der Waals surface area contributed by atoms with E-state index in [4.69, 9.17) is 15.2 Å². The van der Waals surface area contributed by atoms with Crippen molar-refractivity contribution in [1.82, 2.24) is 0 Å². The Labute approximate surface area is 121 Å². The average molecular weight is 304 g/mol. The van der Waals surface area contributed by atoms with Gasteiger partial charge in [0.1, 0.15) is 5.75 Å². The summed E-state index contributed by atoms with van der Waals surface area (Å²) in [5, 5.41) is 0. The molecule has 0 saturated carbocycles. The highest BCUT2D eigenvalue weighted by Gasteiger charge is 2.29. The SMILES string of the molecule is COC1CCN(c2ccc(N)c(OCC(F)(F)F)c2)CC1. The molecule has 0 aliphatic carbocycles. The number of nitrogens with zero attached hydrogens (tertiary/aromatic N) is 1. The maximum absolute atomic E-state index is 12.2. The summed E-state index contributed by atoms with van der Waals surface area (Å²) in [6.07, 6.45) is -2.35. The van der Waals surface area contributed by atoms with Gasteiger partial charge in [-0.25, -0.2) is 0 Å². The summed E-state index contributed by atoms with van der Waals surface area (Å²) in [4.78, 5) is 2.09. The first-order valence-electron chi connectivity index (χ1n) is 6.76. The zero-order chi connectivity index (χ0) is 15.5. The fraction of sp³-hybridized carbons (Fsp3) is 0.571. The molecule has 0 spiro atoms. The van der Waals surface area contributed by atoms with Crippen LogP contribution in [0.15, 0.2) is 18.2 Å². The molecule has 1 aliphatic heterocycles. The van der Waals surface area contributed by atoms with Gasteiger partial charge in [0.05, 0.1) is 11.8 Å². The van der Waals surface area contributed by atoms with Gasteiger partial charge in [0.15, 0.2) is 6.61 Å². The number of ether oxygens (including phenoxy) is 2. The fourth-order valence-electron chi connectivity index (χ4n) is 2.35. The van der Waals surface area contributed by atoms with Crippen molar-refractivity contribution in [3.05, 3.63) is 18.2 Å². The highest BCUT2D eigenvalue weighted by atomic mass is 19.4. The number of halogens is 3. The highest BCUT2D eigenvalue weighted by molar-refractivity contribution is 5.62. The number of nitrogen functional groups attached to an aromatic ring is 1. The molecule has 0 radical (unpaired) electrons. The largest absolute Gasteiger partial charge is 0.482 e. The van der Waals surface area contributed by atoms with E-state index >= 15 is 0 Å². The van der Waals surface area contributed by atoms with E-state index in [0.717, 1.165) is 31.6 Å². The average Bonchev–Trinajstić information content (AvgIpc) is 2.46. The summed E-state index contributed by atoms with van der Waals surface area (Å²) < 4.78 is 46.7. The van der Waals surface area contributed by atoms with Gasteiger partial charge in [0.2, 0.25) is 0 Å². The Balaban J connectivity index is 2.04. The van der Waals surface area contributed by atoms with Crippen LogP contribution >= 0.6 is 0 Å². The quantitative estimate of drug-likeness (QED) is 0.869. The van der Waals surface area contributed by atoms with Crippen molar-refractivity contribution < 1.29 is 22.6 Å². The minimum absolute atomic E-state index is 0.0682. The molecule has 2 rings (SSSR count). The van der Waals surface area contributed by atoms with Crippen molar-refractivity contribution in [2.45, 2.75) is 25.1 Å². The highest BCUT2D eigenvalue weighted by Crippen LogP contribution is 2.30. The van der Waals surface area contributed by atoms with Crippen LogP contribution in [0.4, 0.5) is 24.5 Å². The number of rotatable bonds is 4. The maximum atomic E-state index is 12.2. The molecule has 1 heterocycles. The molecule has 1 aromatic carbocycles. The van der Waals surface area contributed by atoms with Crippen LogP contribution in [0.1, 0.15) is 12.8 Å². The van der Waals surface area contributed by atoms with Gasteiger partial charge in [0, 0.05) is 32.0 Å². The van der Waals surface area contributed by atoms with Crippen molar-refractivity contribution >= 4 is 11.4 Å². The molecule has 0 unspecified atom stereocenters. The molecule has 1 fully saturated rings. The number of hydrogen-bond donors (Lipinski definition) is 1. The minimum Gasteiger partial charge on any atom is -0.482 e. The molecule has 0 atom stereocenters. The first kappa shape index (κ1) is 15.8. The van der Waals surface area contributed by atoms with Gasteiger partial charge in [-0.05, 0) is 25.0 Å². The van der Waals surface area contributed by atoms with E-state index in [9.17, 15) is 13.2 Å². The lowest BCUT2D eigenvalue weighted by atomic mass is 10.1. The Hall–Kier alpha value is -1.63. The van der Waals surface area contributed by atoms with Crippen LogP contribution in [0, 0.1) is 0 Å². The lowest BCUT2D eigenvalue weighted by Gasteiger charge is -2.33. The molecule has 2 N–H and O–H groups in total. The summed E-state index contributed by atoms with van der Waals surface area (Å²) >= 11 is 0. The predicted molar refractivity (Wildman–Crippen MR) is 74.6 cm³/mol. The summed E-state index contributed by atoms with van der Waals surface area (Å²) in [7, 11) is 1.69.